The monoisotopic (exact) mass is 232 g/mol. The average Bonchev–Trinajstić information content (AvgIpc) is 2.19. The van der Waals surface area contributed by atoms with Crippen LogP contribution in [0.1, 0.15) is 59.3 Å². The molecule has 3 heteroatoms. The third-order valence-corrected chi connectivity index (χ3v) is 3.09. The van der Waals surface area contributed by atoms with Gasteiger partial charge in [0.25, 0.3) is 0 Å². The number of aliphatic hydroxyl groups excluding tert-OH is 3. The molecule has 0 heterocycles. The lowest BCUT2D eigenvalue weighted by molar-refractivity contribution is -0.0647. The van der Waals surface area contributed by atoms with Crippen LogP contribution in [-0.4, -0.2) is 33.6 Å². The number of hydrogen-bond donors (Lipinski definition) is 3. The van der Waals surface area contributed by atoms with Crippen molar-refractivity contribution in [2.24, 2.45) is 5.92 Å². The molecule has 3 unspecified atom stereocenters. The number of aliphatic hydroxyl groups is 3. The molecular weight excluding hydrogens is 204 g/mol. The first-order chi connectivity index (χ1) is 7.58. The average molecular weight is 232 g/mol. The molecule has 0 bridgehead atoms. The molecule has 0 aromatic carbocycles. The standard InChI is InChI=1S/C13H28O3/c1-4-7-10(14)13(11(15)8-5-2)12(16)9-6-3/h10-16H,4-9H2,1-3H3. The van der Waals surface area contributed by atoms with Crippen molar-refractivity contribution in [2.75, 3.05) is 0 Å². The summed E-state index contributed by atoms with van der Waals surface area (Å²) in [4.78, 5) is 0. The van der Waals surface area contributed by atoms with Gasteiger partial charge >= 0.3 is 0 Å². The van der Waals surface area contributed by atoms with Gasteiger partial charge in [-0.25, -0.2) is 0 Å². The van der Waals surface area contributed by atoms with E-state index in [1.807, 2.05) is 20.8 Å². The molecule has 0 aromatic heterocycles. The quantitative estimate of drug-likeness (QED) is 0.570. The third kappa shape index (κ3) is 5.28. The van der Waals surface area contributed by atoms with Gasteiger partial charge in [0.15, 0.2) is 0 Å². The molecule has 0 aromatic rings. The van der Waals surface area contributed by atoms with Gasteiger partial charge in [0.05, 0.1) is 18.3 Å². The normalized spacial score (nSPS) is 19.1. The third-order valence-electron chi connectivity index (χ3n) is 3.09. The van der Waals surface area contributed by atoms with Crippen LogP contribution in [0.15, 0.2) is 0 Å². The summed E-state index contributed by atoms with van der Waals surface area (Å²) in [5, 5.41) is 29.9. The minimum Gasteiger partial charge on any atom is -0.393 e. The zero-order valence-corrected chi connectivity index (χ0v) is 10.9. The van der Waals surface area contributed by atoms with Crippen molar-refractivity contribution in [2.45, 2.75) is 77.6 Å². The lowest BCUT2D eigenvalue weighted by Gasteiger charge is -2.31. The Labute approximate surface area is 99.5 Å². The summed E-state index contributed by atoms with van der Waals surface area (Å²) in [5.41, 5.74) is 0. The van der Waals surface area contributed by atoms with Gasteiger partial charge in [0.1, 0.15) is 0 Å². The first kappa shape index (κ1) is 15.9. The van der Waals surface area contributed by atoms with Crippen LogP contribution in [-0.2, 0) is 0 Å². The van der Waals surface area contributed by atoms with Gasteiger partial charge < -0.3 is 15.3 Å². The van der Waals surface area contributed by atoms with E-state index in [0.717, 1.165) is 19.3 Å². The fourth-order valence-corrected chi connectivity index (χ4v) is 2.23. The summed E-state index contributed by atoms with van der Waals surface area (Å²) in [6, 6.07) is 0. The highest BCUT2D eigenvalue weighted by Crippen LogP contribution is 2.24. The van der Waals surface area contributed by atoms with Crippen LogP contribution in [0.3, 0.4) is 0 Å². The molecule has 0 rings (SSSR count). The van der Waals surface area contributed by atoms with Crippen molar-refractivity contribution in [1.82, 2.24) is 0 Å². The maximum Gasteiger partial charge on any atom is 0.0617 e. The topological polar surface area (TPSA) is 60.7 Å². The predicted molar refractivity (Wildman–Crippen MR) is 66.2 cm³/mol. The first-order valence-electron chi connectivity index (χ1n) is 6.62. The smallest absolute Gasteiger partial charge is 0.0617 e. The predicted octanol–water partition coefficient (Wildman–Crippen LogP) is 2.09. The Morgan fingerprint density at radius 2 is 0.875 bits per heavy atom. The van der Waals surface area contributed by atoms with E-state index >= 15 is 0 Å². The highest BCUT2D eigenvalue weighted by atomic mass is 16.3. The van der Waals surface area contributed by atoms with Crippen LogP contribution in [0.2, 0.25) is 0 Å². The molecule has 0 amide bonds. The molecule has 0 saturated heterocycles. The Balaban J connectivity index is 4.47. The van der Waals surface area contributed by atoms with E-state index in [2.05, 4.69) is 0 Å². The molecular formula is C13H28O3. The van der Waals surface area contributed by atoms with Gasteiger partial charge in [0, 0.05) is 5.92 Å². The van der Waals surface area contributed by atoms with Crippen LogP contribution in [0.4, 0.5) is 0 Å². The minimum atomic E-state index is -0.590. The minimum absolute atomic E-state index is 0.389. The zero-order valence-electron chi connectivity index (χ0n) is 10.9. The second-order valence-corrected chi connectivity index (χ2v) is 4.65. The largest absolute Gasteiger partial charge is 0.393 e. The highest BCUT2D eigenvalue weighted by Gasteiger charge is 2.31. The molecule has 0 aliphatic heterocycles. The van der Waals surface area contributed by atoms with Gasteiger partial charge in [-0.05, 0) is 19.3 Å². The Bertz CT molecular complexity index is 133. The number of rotatable bonds is 9. The fraction of sp³-hybridized carbons (Fsp3) is 1.00. The van der Waals surface area contributed by atoms with Crippen molar-refractivity contribution < 1.29 is 15.3 Å². The zero-order chi connectivity index (χ0) is 12.6. The van der Waals surface area contributed by atoms with Gasteiger partial charge in [0.2, 0.25) is 0 Å². The summed E-state index contributed by atoms with van der Waals surface area (Å²) in [5.74, 6) is -0.389. The van der Waals surface area contributed by atoms with Gasteiger partial charge in [-0.1, -0.05) is 40.0 Å². The SMILES string of the molecule is CCCC(O)C(C(O)CCC)C(O)CCC. The Morgan fingerprint density at radius 3 is 1.06 bits per heavy atom. The van der Waals surface area contributed by atoms with E-state index in [9.17, 15) is 15.3 Å². The van der Waals surface area contributed by atoms with Crippen LogP contribution < -0.4 is 0 Å². The second-order valence-electron chi connectivity index (χ2n) is 4.65. The van der Waals surface area contributed by atoms with Crippen LogP contribution >= 0.6 is 0 Å². The fourth-order valence-electron chi connectivity index (χ4n) is 2.23. The van der Waals surface area contributed by atoms with Crippen LogP contribution in [0, 0.1) is 5.92 Å². The van der Waals surface area contributed by atoms with E-state index in [0.29, 0.717) is 19.3 Å². The molecule has 0 spiro atoms. The van der Waals surface area contributed by atoms with E-state index in [-0.39, 0.29) is 5.92 Å². The Kier molecular flexibility index (Phi) is 8.90. The molecule has 0 radical (unpaired) electrons. The van der Waals surface area contributed by atoms with E-state index in [4.69, 9.17) is 0 Å². The second kappa shape index (κ2) is 8.97. The first-order valence-corrected chi connectivity index (χ1v) is 6.62. The van der Waals surface area contributed by atoms with Crippen molar-refractivity contribution in [3.05, 3.63) is 0 Å². The molecule has 16 heavy (non-hydrogen) atoms. The molecule has 0 aliphatic rings. The lowest BCUT2D eigenvalue weighted by atomic mass is 9.84. The molecule has 0 aliphatic carbocycles. The molecule has 3 N–H and O–H groups in total. The summed E-state index contributed by atoms with van der Waals surface area (Å²) in [7, 11) is 0. The van der Waals surface area contributed by atoms with E-state index in [1.54, 1.807) is 0 Å². The van der Waals surface area contributed by atoms with Crippen molar-refractivity contribution in [3.8, 4) is 0 Å². The van der Waals surface area contributed by atoms with Crippen LogP contribution in [0.25, 0.3) is 0 Å². The van der Waals surface area contributed by atoms with Gasteiger partial charge in [-0.3, -0.25) is 0 Å². The van der Waals surface area contributed by atoms with Gasteiger partial charge in [-0.2, -0.15) is 0 Å². The van der Waals surface area contributed by atoms with Crippen molar-refractivity contribution in [3.63, 3.8) is 0 Å². The maximum absolute atomic E-state index is 9.98. The Hall–Kier alpha value is -0.120. The lowest BCUT2D eigenvalue weighted by Crippen LogP contribution is -2.40. The van der Waals surface area contributed by atoms with E-state index < -0.39 is 18.3 Å². The summed E-state index contributed by atoms with van der Waals surface area (Å²) in [6.45, 7) is 6.00. The molecule has 0 saturated carbocycles. The van der Waals surface area contributed by atoms with Crippen LogP contribution in [0.5, 0.6) is 0 Å². The Morgan fingerprint density at radius 1 is 0.625 bits per heavy atom. The molecule has 3 nitrogen and oxygen atoms in total. The molecule has 3 atom stereocenters. The molecule has 0 fully saturated rings. The van der Waals surface area contributed by atoms with E-state index in [1.165, 1.54) is 0 Å². The summed E-state index contributed by atoms with van der Waals surface area (Å²) in [6.07, 6.45) is 2.78. The summed E-state index contributed by atoms with van der Waals surface area (Å²) >= 11 is 0. The number of hydrogen-bond acceptors (Lipinski definition) is 3. The van der Waals surface area contributed by atoms with Gasteiger partial charge in [-0.15, -0.1) is 0 Å². The van der Waals surface area contributed by atoms with Crippen molar-refractivity contribution >= 4 is 0 Å². The summed E-state index contributed by atoms with van der Waals surface area (Å²) < 4.78 is 0. The highest BCUT2D eigenvalue weighted by molar-refractivity contribution is 4.82. The maximum atomic E-state index is 9.98. The van der Waals surface area contributed by atoms with Crippen molar-refractivity contribution in [1.29, 1.82) is 0 Å². The molecule has 98 valence electrons.